The largest absolute Gasteiger partial charge is 0.385 e. The van der Waals surface area contributed by atoms with Crippen molar-refractivity contribution in [2.45, 2.75) is 12.5 Å². The van der Waals surface area contributed by atoms with Crippen molar-refractivity contribution in [2.24, 2.45) is 0 Å². The molecule has 1 saturated heterocycles. The molecule has 1 heterocycles. The van der Waals surface area contributed by atoms with E-state index in [4.69, 9.17) is 11.6 Å². The number of aliphatic hydroxyl groups excluding tert-OH is 1. The summed E-state index contributed by atoms with van der Waals surface area (Å²) in [5, 5.41) is 10.8. The summed E-state index contributed by atoms with van der Waals surface area (Å²) in [5.41, 5.74) is 1.76. The molecular weight excluding hydrogens is 336 g/mol. The van der Waals surface area contributed by atoms with Crippen LogP contribution in [0.4, 0.5) is 5.69 Å². The van der Waals surface area contributed by atoms with Crippen molar-refractivity contribution in [3.8, 4) is 0 Å². The predicted molar refractivity (Wildman–Crippen MR) is 102 cm³/mol. The van der Waals surface area contributed by atoms with E-state index in [-0.39, 0.29) is 5.78 Å². The summed E-state index contributed by atoms with van der Waals surface area (Å²) in [7, 11) is 0. The second-order valence-corrected chi connectivity index (χ2v) is 6.78. The summed E-state index contributed by atoms with van der Waals surface area (Å²) in [6.45, 7) is 4.53. The van der Waals surface area contributed by atoms with Crippen LogP contribution in [-0.4, -0.2) is 54.6 Å². The van der Waals surface area contributed by atoms with E-state index < -0.39 is 6.10 Å². The SMILES string of the molecule is O=C(c1ccc(Cl)cc1)[C@H](O)CCN1CCN(c2ccccc2)CC1. The number of halogens is 1. The summed E-state index contributed by atoms with van der Waals surface area (Å²) in [5.74, 6) is -0.236. The normalized spacial score (nSPS) is 16.6. The fourth-order valence-corrected chi connectivity index (χ4v) is 3.24. The standard InChI is InChI=1S/C20H23ClN2O2/c21-17-8-6-16(7-9-17)20(25)19(24)10-11-22-12-14-23(15-13-22)18-4-2-1-3-5-18/h1-9,19,24H,10-15H2/t19-/m1/s1. The number of para-hydroxylation sites is 1. The Labute approximate surface area is 153 Å². The van der Waals surface area contributed by atoms with Crippen LogP contribution >= 0.6 is 11.6 Å². The molecule has 2 aromatic rings. The van der Waals surface area contributed by atoms with Crippen molar-refractivity contribution < 1.29 is 9.90 Å². The highest BCUT2D eigenvalue weighted by atomic mass is 35.5. The van der Waals surface area contributed by atoms with Crippen LogP contribution in [0.15, 0.2) is 54.6 Å². The topological polar surface area (TPSA) is 43.8 Å². The fraction of sp³-hybridized carbons (Fsp3) is 0.350. The lowest BCUT2D eigenvalue weighted by molar-refractivity contribution is 0.0700. The number of nitrogens with zero attached hydrogens (tertiary/aromatic N) is 2. The molecule has 1 aliphatic heterocycles. The summed E-state index contributed by atoms with van der Waals surface area (Å²) in [4.78, 5) is 16.9. The third kappa shape index (κ3) is 4.82. The van der Waals surface area contributed by atoms with Gasteiger partial charge in [0.05, 0.1) is 0 Å². The first-order chi connectivity index (χ1) is 12.1. The highest BCUT2D eigenvalue weighted by Gasteiger charge is 2.21. The molecular formula is C20H23ClN2O2. The molecule has 0 bridgehead atoms. The van der Waals surface area contributed by atoms with E-state index in [9.17, 15) is 9.90 Å². The summed E-state index contributed by atoms with van der Waals surface area (Å²) in [6.07, 6.45) is -0.513. The van der Waals surface area contributed by atoms with Gasteiger partial charge in [-0.15, -0.1) is 0 Å². The van der Waals surface area contributed by atoms with Crippen molar-refractivity contribution in [2.75, 3.05) is 37.6 Å². The zero-order chi connectivity index (χ0) is 17.6. The smallest absolute Gasteiger partial charge is 0.191 e. The lowest BCUT2D eigenvalue weighted by Crippen LogP contribution is -2.47. The fourth-order valence-electron chi connectivity index (χ4n) is 3.11. The van der Waals surface area contributed by atoms with E-state index >= 15 is 0 Å². The Kier molecular flexibility index (Phi) is 6.08. The van der Waals surface area contributed by atoms with Crippen molar-refractivity contribution in [3.05, 3.63) is 65.2 Å². The molecule has 0 unspecified atom stereocenters. The maximum absolute atomic E-state index is 12.2. The maximum atomic E-state index is 12.2. The van der Waals surface area contributed by atoms with Gasteiger partial charge in [-0.05, 0) is 42.8 Å². The van der Waals surface area contributed by atoms with Gasteiger partial charge in [-0.1, -0.05) is 29.8 Å². The van der Waals surface area contributed by atoms with Gasteiger partial charge in [-0.2, -0.15) is 0 Å². The highest BCUT2D eigenvalue weighted by molar-refractivity contribution is 6.30. The van der Waals surface area contributed by atoms with Crippen LogP contribution in [0.3, 0.4) is 0 Å². The molecule has 0 aliphatic carbocycles. The number of ketones is 1. The van der Waals surface area contributed by atoms with Crippen molar-refractivity contribution in [1.82, 2.24) is 4.90 Å². The van der Waals surface area contributed by atoms with E-state index in [1.165, 1.54) is 5.69 Å². The minimum Gasteiger partial charge on any atom is -0.385 e. The average Bonchev–Trinajstić information content (AvgIpc) is 2.67. The maximum Gasteiger partial charge on any atom is 0.191 e. The second kappa shape index (κ2) is 8.48. The summed E-state index contributed by atoms with van der Waals surface area (Å²) < 4.78 is 0. The van der Waals surface area contributed by atoms with Gasteiger partial charge in [0.25, 0.3) is 0 Å². The van der Waals surface area contributed by atoms with Gasteiger partial charge < -0.3 is 10.0 Å². The lowest BCUT2D eigenvalue weighted by Gasteiger charge is -2.36. The number of carbonyl (C=O) groups is 1. The van der Waals surface area contributed by atoms with Crippen LogP contribution < -0.4 is 4.90 Å². The van der Waals surface area contributed by atoms with Gasteiger partial charge in [0.2, 0.25) is 0 Å². The number of hydrogen-bond donors (Lipinski definition) is 1. The molecule has 1 N–H and O–H groups in total. The van der Waals surface area contributed by atoms with Crippen LogP contribution in [0.25, 0.3) is 0 Å². The first kappa shape index (κ1) is 17.9. The molecule has 1 fully saturated rings. The molecule has 2 aromatic carbocycles. The Morgan fingerprint density at radius 3 is 2.28 bits per heavy atom. The van der Waals surface area contributed by atoms with Gasteiger partial charge in [0.15, 0.2) is 5.78 Å². The molecule has 1 atom stereocenters. The van der Waals surface area contributed by atoms with Gasteiger partial charge in [0, 0.05) is 49.0 Å². The van der Waals surface area contributed by atoms with Crippen molar-refractivity contribution in [3.63, 3.8) is 0 Å². The van der Waals surface area contributed by atoms with Gasteiger partial charge in [-0.3, -0.25) is 9.69 Å². The number of carbonyl (C=O) groups excluding carboxylic acids is 1. The minimum absolute atomic E-state index is 0.236. The van der Waals surface area contributed by atoms with Gasteiger partial charge in [0.1, 0.15) is 6.10 Å². The molecule has 132 valence electrons. The van der Waals surface area contributed by atoms with Crippen LogP contribution in [-0.2, 0) is 0 Å². The number of rotatable bonds is 6. The molecule has 4 nitrogen and oxygen atoms in total. The number of anilines is 1. The van der Waals surface area contributed by atoms with E-state index in [0.29, 0.717) is 17.0 Å². The zero-order valence-corrected chi connectivity index (χ0v) is 14.9. The Bertz CT molecular complexity index is 683. The minimum atomic E-state index is -0.965. The molecule has 5 heteroatoms. The van der Waals surface area contributed by atoms with Crippen molar-refractivity contribution >= 4 is 23.1 Å². The van der Waals surface area contributed by atoms with Crippen LogP contribution in [0.1, 0.15) is 16.8 Å². The molecule has 0 saturated carbocycles. The van der Waals surface area contributed by atoms with E-state index in [2.05, 4.69) is 34.1 Å². The molecule has 0 radical (unpaired) electrons. The quantitative estimate of drug-likeness (QED) is 0.806. The first-order valence-corrected chi connectivity index (χ1v) is 9.01. The number of hydrogen-bond acceptors (Lipinski definition) is 4. The first-order valence-electron chi connectivity index (χ1n) is 8.64. The van der Waals surface area contributed by atoms with Gasteiger partial charge >= 0.3 is 0 Å². The molecule has 1 aliphatic rings. The average molecular weight is 359 g/mol. The van der Waals surface area contributed by atoms with E-state index in [0.717, 1.165) is 32.7 Å². The monoisotopic (exact) mass is 358 g/mol. The molecule has 3 rings (SSSR count). The number of benzene rings is 2. The van der Waals surface area contributed by atoms with Crippen molar-refractivity contribution in [1.29, 1.82) is 0 Å². The predicted octanol–water partition coefficient (Wildman–Crippen LogP) is 3.10. The highest BCUT2D eigenvalue weighted by Crippen LogP contribution is 2.16. The Morgan fingerprint density at radius 2 is 1.64 bits per heavy atom. The second-order valence-electron chi connectivity index (χ2n) is 6.34. The third-order valence-corrected chi connectivity index (χ3v) is 4.90. The Balaban J connectivity index is 1.45. The molecule has 0 spiro atoms. The van der Waals surface area contributed by atoms with E-state index in [1.807, 2.05) is 6.07 Å². The number of Topliss-reactive ketones (excluding diaryl/α,β-unsaturated/α-hetero) is 1. The van der Waals surface area contributed by atoms with Crippen LogP contribution in [0, 0.1) is 0 Å². The Hall–Kier alpha value is -1.88. The molecule has 0 aromatic heterocycles. The van der Waals surface area contributed by atoms with Gasteiger partial charge in [-0.25, -0.2) is 0 Å². The third-order valence-electron chi connectivity index (χ3n) is 4.64. The molecule has 25 heavy (non-hydrogen) atoms. The lowest BCUT2D eigenvalue weighted by atomic mass is 10.0. The summed E-state index contributed by atoms with van der Waals surface area (Å²) in [6, 6.07) is 17.1. The van der Waals surface area contributed by atoms with Crippen LogP contribution in [0.2, 0.25) is 5.02 Å². The summed E-state index contributed by atoms with van der Waals surface area (Å²) >= 11 is 5.83. The number of piperazine rings is 1. The zero-order valence-electron chi connectivity index (χ0n) is 14.1. The van der Waals surface area contributed by atoms with Crippen LogP contribution in [0.5, 0.6) is 0 Å². The Morgan fingerprint density at radius 1 is 1.00 bits per heavy atom. The van der Waals surface area contributed by atoms with E-state index in [1.54, 1.807) is 24.3 Å². The molecule has 0 amide bonds. The number of aliphatic hydroxyl groups is 1.